The molecule has 0 saturated carbocycles. The first-order chi connectivity index (χ1) is 13.7. The van der Waals surface area contributed by atoms with Crippen molar-refractivity contribution in [2.75, 3.05) is 12.4 Å². The minimum absolute atomic E-state index is 0.0403. The number of hydrogen-bond acceptors (Lipinski definition) is 4. The number of aromatic carboxylic acids is 1. The number of halogens is 4. The van der Waals surface area contributed by atoms with Gasteiger partial charge < -0.3 is 15.2 Å². The van der Waals surface area contributed by atoms with E-state index in [2.05, 4.69) is 73.1 Å². The fourth-order valence-corrected chi connectivity index (χ4v) is 6.54. The van der Waals surface area contributed by atoms with E-state index in [-0.39, 0.29) is 16.5 Å². The summed E-state index contributed by atoms with van der Waals surface area (Å²) in [5.41, 5.74) is 1.68. The lowest BCUT2D eigenvalue weighted by Crippen LogP contribution is -2.16. The Hall–Kier alpha value is -0.640. The lowest BCUT2D eigenvalue weighted by Gasteiger charge is -2.13. The van der Waals surface area contributed by atoms with Gasteiger partial charge in [0, 0.05) is 19.5 Å². The van der Waals surface area contributed by atoms with Crippen LogP contribution in [0.15, 0.2) is 35.7 Å². The van der Waals surface area contributed by atoms with E-state index in [4.69, 9.17) is 16.3 Å². The third kappa shape index (κ3) is 4.83. The Balaban J connectivity index is 2.01. The van der Waals surface area contributed by atoms with E-state index in [0.29, 0.717) is 27.5 Å². The van der Waals surface area contributed by atoms with Crippen molar-refractivity contribution in [2.45, 2.75) is 0 Å². The van der Waals surface area contributed by atoms with Crippen molar-refractivity contribution in [1.82, 2.24) is 0 Å². The lowest BCUT2D eigenvalue weighted by atomic mass is 10.0. The molecular weight excluding hydrogens is 754 g/mol. The second kappa shape index (κ2) is 9.66. The van der Waals surface area contributed by atoms with Crippen LogP contribution in [0.2, 0.25) is 5.02 Å². The molecule has 29 heavy (non-hydrogen) atoms. The number of anilines is 1. The van der Waals surface area contributed by atoms with Crippen LogP contribution in [0.25, 0.3) is 11.1 Å². The number of amides is 1. The van der Waals surface area contributed by atoms with E-state index < -0.39 is 5.97 Å². The fraction of sp³-hybridized carbons (Fsp3) is 0.0526. The highest BCUT2D eigenvalue weighted by molar-refractivity contribution is 14.1. The van der Waals surface area contributed by atoms with Crippen LogP contribution in [0.1, 0.15) is 20.7 Å². The maximum Gasteiger partial charge on any atom is 0.339 e. The van der Waals surface area contributed by atoms with E-state index in [9.17, 15) is 14.7 Å². The summed E-state index contributed by atoms with van der Waals surface area (Å²) >= 11 is 13.5. The van der Waals surface area contributed by atoms with Gasteiger partial charge in [-0.25, -0.2) is 4.79 Å². The van der Waals surface area contributed by atoms with E-state index in [1.165, 1.54) is 0 Å². The number of thiophene rings is 1. The molecule has 0 aliphatic rings. The highest BCUT2D eigenvalue weighted by atomic mass is 127. The summed E-state index contributed by atoms with van der Waals surface area (Å²) in [6, 6.07) is 8.67. The highest BCUT2D eigenvalue weighted by Gasteiger charge is 2.24. The van der Waals surface area contributed by atoms with Gasteiger partial charge in [-0.15, -0.1) is 11.3 Å². The molecule has 2 N–H and O–H groups in total. The van der Waals surface area contributed by atoms with Crippen molar-refractivity contribution in [3.63, 3.8) is 0 Å². The number of methoxy groups -OCH3 is 1. The van der Waals surface area contributed by atoms with Crippen LogP contribution in [0.3, 0.4) is 0 Å². The molecule has 0 radical (unpaired) electrons. The number of benzene rings is 2. The molecule has 5 nitrogen and oxygen atoms in total. The number of carboxylic acids is 1. The zero-order valence-electron chi connectivity index (χ0n) is 14.6. The number of nitrogens with one attached hydrogen (secondary N) is 1. The van der Waals surface area contributed by atoms with E-state index in [1.807, 2.05) is 0 Å². The van der Waals surface area contributed by atoms with Crippen molar-refractivity contribution in [2.24, 2.45) is 0 Å². The van der Waals surface area contributed by atoms with E-state index in [1.54, 1.807) is 42.8 Å². The Morgan fingerprint density at radius 3 is 2.52 bits per heavy atom. The van der Waals surface area contributed by atoms with Gasteiger partial charge in [0.1, 0.15) is 16.3 Å². The second-order valence-corrected chi connectivity index (χ2v) is 10.3. The van der Waals surface area contributed by atoms with Crippen molar-refractivity contribution in [3.8, 4) is 16.9 Å². The predicted molar refractivity (Wildman–Crippen MR) is 141 cm³/mol. The fourth-order valence-electron chi connectivity index (χ4n) is 2.63. The van der Waals surface area contributed by atoms with Gasteiger partial charge in [0.2, 0.25) is 0 Å². The monoisotopic (exact) mass is 765 g/mol. The molecule has 10 heteroatoms. The zero-order valence-corrected chi connectivity index (χ0v) is 22.6. The minimum atomic E-state index is -1.12. The van der Waals surface area contributed by atoms with Gasteiger partial charge >= 0.3 is 5.97 Å². The maximum atomic E-state index is 12.9. The average Bonchev–Trinajstić information content (AvgIpc) is 3.09. The summed E-state index contributed by atoms with van der Waals surface area (Å²) in [4.78, 5) is 24.9. The number of rotatable bonds is 5. The Labute approximate surface area is 216 Å². The first-order valence-electron chi connectivity index (χ1n) is 7.88. The molecule has 1 aromatic heterocycles. The summed E-state index contributed by atoms with van der Waals surface area (Å²) < 4.78 is 7.74. The van der Waals surface area contributed by atoms with Crippen LogP contribution in [-0.4, -0.2) is 24.1 Å². The molecule has 0 saturated heterocycles. The predicted octanol–water partition coefficient (Wildman–Crippen LogP) is 6.84. The van der Waals surface area contributed by atoms with Crippen LogP contribution < -0.4 is 10.1 Å². The lowest BCUT2D eigenvalue weighted by molar-refractivity contribution is 0.0699. The summed E-state index contributed by atoms with van der Waals surface area (Å²) in [5, 5.41) is 15.0. The van der Waals surface area contributed by atoms with Crippen LogP contribution >= 0.6 is 90.7 Å². The summed E-state index contributed by atoms with van der Waals surface area (Å²) in [6.07, 6.45) is 0. The maximum absolute atomic E-state index is 12.9. The normalized spacial score (nSPS) is 10.7. The Bertz CT molecular complexity index is 1130. The molecule has 2 aromatic carbocycles. The van der Waals surface area contributed by atoms with Gasteiger partial charge in [-0.05, 0) is 91.5 Å². The summed E-state index contributed by atoms with van der Waals surface area (Å²) in [6.45, 7) is 0. The second-order valence-electron chi connectivity index (χ2n) is 5.69. The molecule has 150 valence electrons. The Morgan fingerprint density at radius 1 is 1.17 bits per heavy atom. The van der Waals surface area contributed by atoms with Gasteiger partial charge in [-0.1, -0.05) is 23.7 Å². The van der Waals surface area contributed by atoms with Crippen molar-refractivity contribution in [3.05, 3.63) is 62.6 Å². The third-order valence-electron chi connectivity index (χ3n) is 3.93. The minimum Gasteiger partial charge on any atom is -0.494 e. The van der Waals surface area contributed by atoms with E-state index in [0.717, 1.165) is 22.0 Å². The highest BCUT2D eigenvalue weighted by Crippen LogP contribution is 2.38. The SMILES string of the molecule is COc1c(I)cc(C(=O)Nc2scc(-c3cccc(Cl)c3)c2C(=O)O)c(I)c1I. The molecule has 1 heterocycles. The summed E-state index contributed by atoms with van der Waals surface area (Å²) in [7, 11) is 1.58. The first-order valence-corrected chi connectivity index (χ1v) is 12.4. The number of carbonyl (C=O) groups is 2. The molecule has 0 atom stereocenters. The van der Waals surface area contributed by atoms with Gasteiger partial charge in [0.25, 0.3) is 5.91 Å². The Morgan fingerprint density at radius 2 is 1.90 bits per heavy atom. The molecular formula is C19H11ClI3NO4S. The van der Waals surface area contributed by atoms with Crippen LogP contribution in [0.5, 0.6) is 5.75 Å². The largest absolute Gasteiger partial charge is 0.494 e. The van der Waals surface area contributed by atoms with Gasteiger partial charge in [-0.2, -0.15) is 0 Å². The average molecular weight is 766 g/mol. The van der Waals surface area contributed by atoms with Crippen LogP contribution in [0, 0.1) is 10.7 Å². The molecule has 0 unspecified atom stereocenters. The standard InChI is InChI=1S/C19H11ClI3NO4S/c1-28-16-12(21)6-10(14(22)15(16)23)17(25)24-18-13(19(26)27)11(7-29-18)8-3-2-4-9(20)5-8/h2-7H,1H3,(H,24,25)(H,26,27). The molecule has 3 rings (SSSR count). The van der Waals surface area contributed by atoms with Crippen molar-refractivity contribution >= 4 is 108 Å². The molecule has 0 spiro atoms. The molecule has 0 bridgehead atoms. The molecule has 3 aromatic rings. The molecule has 0 aliphatic carbocycles. The van der Waals surface area contributed by atoms with Gasteiger partial charge in [0.05, 0.1) is 19.8 Å². The third-order valence-corrected chi connectivity index (χ3v) is 9.05. The van der Waals surface area contributed by atoms with Crippen LogP contribution in [-0.2, 0) is 0 Å². The Kier molecular flexibility index (Phi) is 7.67. The molecule has 0 fully saturated rings. The van der Waals surface area contributed by atoms with Gasteiger partial charge in [-0.3, -0.25) is 4.79 Å². The van der Waals surface area contributed by atoms with E-state index >= 15 is 0 Å². The van der Waals surface area contributed by atoms with Crippen LogP contribution in [0.4, 0.5) is 5.00 Å². The molecule has 0 aliphatic heterocycles. The topological polar surface area (TPSA) is 75.6 Å². The van der Waals surface area contributed by atoms with Crippen molar-refractivity contribution < 1.29 is 19.4 Å². The summed E-state index contributed by atoms with van der Waals surface area (Å²) in [5.74, 6) is -0.794. The van der Waals surface area contributed by atoms with Crippen molar-refractivity contribution in [1.29, 1.82) is 0 Å². The smallest absolute Gasteiger partial charge is 0.339 e. The number of ether oxygens (including phenoxy) is 1. The van der Waals surface area contributed by atoms with Gasteiger partial charge in [0.15, 0.2) is 0 Å². The zero-order chi connectivity index (χ0) is 21.3. The first kappa shape index (κ1) is 23.0. The number of hydrogen-bond donors (Lipinski definition) is 2. The number of carbonyl (C=O) groups excluding carboxylic acids is 1. The molecule has 1 amide bonds. The quantitative estimate of drug-likeness (QED) is 0.221. The number of carboxylic acid groups (broad SMARTS) is 1.